The Bertz CT molecular complexity index is 3960. The molecule has 10 N–H and O–H groups in total. The summed E-state index contributed by atoms with van der Waals surface area (Å²) in [5, 5.41) is 62.3. The number of thiazole rings is 1. The summed E-state index contributed by atoms with van der Waals surface area (Å²) in [4.78, 5) is 77.6. The topological polar surface area (TPSA) is 396 Å². The van der Waals surface area contributed by atoms with Gasteiger partial charge in [-0.05, 0) is 129 Å². The summed E-state index contributed by atoms with van der Waals surface area (Å²) < 4.78 is 69.9. The lowest BCUT2D eigenvalue weighted by atomic mass is 9.39. The minimum atomic E-state index is -4.52. The van der Waals surface area contributed by atoms with Crippen LogP contribution in [0.25, 0.3) is 21.3 Å². The number of nitrogens with zero attached hydrogens (tertiary/aromatic N) is 6. The van der Waals surface area contributed by atoms with Gasteiger partial charge in [0.15, 0.2) is 16.9 Å². The van der Waals surface area contributed by atoms with Gasteiger partial charge < -0.3 is 74.8 Å². The summed E-state index contributed by atoms with van der Waals surface area (Å²) in [5.74, 6) is -3.80. The Morgan fingerprint density at radius 3 is 2.36 bits per heavy atom. The van der Waals surface area contributed by atoms with Gasteiger partial charge in [-0.25, -0.2) is 24.4 Å². The number of aliphatic hydroxyl groups excluding tert-OH is 3. The number of aliphatic carboxylic acids is 1. The molecule has 30 heteroatoms. The summed E-state index contributed by atoms with van der Waals surface area (Å²) >= 11 is 1.39. The number of nitrogens with one attached hydrogen (secondary N) is 2. The highest BCUT2D eigenvalue weighted by molar-refractivity contribution is 7.85. The Kier molecular flexibility index (Phi) is 19.1. The van der Waals surface area contributed by atoms with E-state index in [1.165, 1.54) is 34.4 Å². The van der Waals surface area contributed by atoms with Gasteiger partial charge in [-0.15, -0.1) is 0 Å². The van der Waals surface area contributed by atoms with E-state index in [2.05, 4.69) is 29.5 Å². The number of carbonyl (C=O) groups excluding carboxylic acids is 3. The molecule has 504 valence electrons. The van der Waals surface area contributed by atoms with Crippen LogP contribution < -0.4 is 35.5 Å². The number of likely N-dealkylation sites (N-methyl/N-ethyl adjacent to an activating group) is 1. The van der Waals surface area contributed by atoms with Crippen LogP contribution in [0.4, 0.5) is 15.7 Å². The number of para-hydroxylation sites is 1. The van der Waals surface area contributed by atoms with Gasteiger partial charge in [0.25, 0.3) is 16.0 Å². The lowest BCUT2D eigenvalue weighted by molar-refractivity contribution is -0.271. The molecular formula is C64H77N9O19S2. The maximum Gasteiger partial charge on any atom is 0.409 e. The van der Waals surface area contributed by atoms with E-state index in [-0.39, 0.29) is 85.2 Å². The van der Waals surface area contributed by atoms with Crippen LogP contribution in [0.5, 0.6) is 17.2 Å². The van der Waals surface area contributed by atoms with Gasteiger partial charge in [-0.2, -0.15) is 13.5 Å². The number of aromatic carboxylic acids is 1. The number of methoxy groups -OCH3 is 1. The molecule has 3 amide bonds. The number of ether oxygens (including phenoxy) is 6. The molecule has 0 spiro atoms. The quantitative estimate of drug-likeness (QED) is 0.0264. The standard InChI is InChI=1S/C64H77N9O19S2/c1-35-41(39-14-16-48(69-49(39)56(79)80)72-19-17-38-42(25-72)40(13-15-45(38)87-5)54(77)70-59-68-44-9-6-7-10-47(44)93-59)24-67-73(35)34-63-29-61(2)28-62(3,30-63)32-64(31-61,33-63)90-22-20-71(4)60(83)89-26-36-11-12-37(91-58-52(76)50(74)51(75)53(92-58)57(81)82)23-46(36)88-21-8-18-66-55(78)43(65)27-94(84,85)86/h6-7,9-16,23-24,43,50-53,58,74-76H,8,17-22,25-34,65H2,1-5H3,(H,66,78)(H,79,80)(H,81,82)(H,68,70,77)(H,84,85,86)/t43?,50-,51-,52+,53-,58+,61?,62?,63?,64?/m0/s1. The van der Waals surface area contributed by atoms with Crippen LogP contribution in [0.2, 0.25) is 0 Å². The second-order valence-electron chi connectivity index (χ2n) is 26.2. The van der Waals surface area contributed by atoms with Crippen molar-refractivity contribution in [2.75, 3.05) is 63.0 Å². The first-order valence-electron chi connectivity index (χ1n) is 30.8. The second-order valence-corrected chi connectivity index (χ2v) is 28.7. The molecule has 0 radical (unpaired) electrons. The number of carboxylic acids is 2. The summed E-state index contributed by atoms with van der Waals surface area (Å²) in [6.07, 6.45) is -2.47. The van der Waals surface area contributed by atoms with Gasteiger partial charge >= 0.3 is 18.0 Å². The molecule has 8 atom stereocenters. The number of rotatable bonds is 25. The molecule has 3 aromatic carbocycles. The lowest BCUT2D eigenvalue weighted by Crippen LogP contribution is -2.64. The van der Waals surface area contributed by atoms with Crippen molar-refractivity contribution in [2.45, 2.75) is 134 Å². The molecule has 94 heavy (non-hydrogen) atoms. The maximum absolute atomic E-state index is 13.9. The van der Waals surface area contributed by atoms with Crippen molar-refractivity contribution < 1.29 is 90.9 Å². The van der Waals surface area contributed by atoms with Crippen molar-refractivity contribution in [1.29, 1.82) is 0 Å². The summed E-state index contributed by atoms with van der Waals surface area (Å²) in [7, 11) is -1.34. The van der Waals surface area contributed by atoms with Crippen molar-refractivity contribution >= 4 is 72.5 Å². The van der Waals surface area contributed by atoms with E-state index < -0.39 is 82.2 Å². The van der Waals surface area contributed by atoms with Gasteiger partial charge in [0.05, 0.1) is 48.1 Å². The zero-order valence-electron chi connectivity index (χ0n) is 52.5. The monoisotopic (exact) mass is 1340 g/mol. The highest BCUT2D eigenvalue weighted by Crippen LogP contribution is 2.72. The average molecular weight is 1340 g/mol. The molecule has 5 heterocycles. The van der Waals surface area contributed by atoms with Crippen molar-refractivity contribution in [3.8, 4) is 28.4 Å². The van der Waals surface area contributed by atoms with Crippen LogP contribution in [0, 0.1) is 23.2 Å². The van der Waals surface area contributed by atoms with Crippen LogP contribution in [0.1, 0.15) is 102 Å². The maximum atomic E-state index is 13.9. The number of fused-ring (bicyclic) bond motifs is 2. The fourth-order valence-electron chi connectivity index (χ4n) is 15.5. The smallest absolute Gasteiger partial charge is 0.409 e. The normalized spacial score (nSPS) is 25.7. The number of pyridine rings is 1. The summed E-state index contributed by atoms with van der Waals surface area (Å²) in [5.41, 5.74) is 9.68. The van der Waals surface area contributed by atoms with Crippen LogP contribution in [0.15, 0.2) is 72.9 Å². The largest absolute Gasteiger partial charge is 0.496 e. The molecule has 6 aromatic rings. The Morgan fingerprint density at radius 1 is 0.894 bits per heavy atom. The van der Waals surface area contributed by atoms with Gasteiger partial charge in [-0.3, -0.25) is 24.1 Å². The number of carboxylic acid groups (broad SMARTS) is 2. The molecule has 2 aliphatic heterocycles. The van der Waals surface area contributed by atoms with E-state index in [9.17, 15) is 57.9 Å². The predicted molar refractivity (Wildman–Crippen MR) is 339 cm³/mol. The van der Waals surface area contributed by atoms with Crippen molar-refractivity contribution in [2.24, 2.45) is 22.0 Å². The van der Waals surface area contributed by atoms with Gasteiger partial charge in [0.2, 0.25) is 12.2 Å². The van der Waals surface area contributed by atoms with E-state index in [0.717, 1.165) is 65.6 Å². The molecule has 12 rings (SSSR count). The van der Waals surface area contributed by atoms with Crippen LogP contribution in [0.3, 0.4) is 0 Å². The lowest BCUT2D eigenvalue weighted by Gasteiger charge is -2.69. The Balaban J connectivity index is 0.733. The van der Waals surface area contributed by atoms with E-state index >= 15 is 0 Å². The number of amides is 3. The fourth-order valence-corrected chi connectivity index (χ4v) is 16.9. The molecule has 4 bridgehead atoms. The van der Waals surface area contributed by atoms with E-state index in [1.807, 2.05) is 46.8 Å². The number of hydrogen-bond donors (Lipinski definition) is 9. The molecule has 4 saturated carbocycles. The zero-order chi connectivity index (χ0) is 67.2. The minimum Gasteiger partial charge on any atom is -0.496 e. The van der Waals surface area contributed by atoms with Gasteiger partial charge in [0, 0.05) is 79.3 Å². The zero-order valence-corrected chi connectivity index (χ0v) is 54.1. The average Bonchev–Trinajstić information content (AvgIpc) is 0.735. The fraction of sp³-hybridized carbons (Fsp3) is 0.500. The van der Waals surface area contributed by atoms with E-state index in [4.69, 9.17) is 48.8 Å². The first kappa shape index (κ1) is 67.4. The molecule has 3 aromatic heterocycles. The molecule has 4 aliphatic carbocycles. The van der Waals surface area contributed by atoms with Crippen molar-refractivity contribution in [1.82, 2.24) is 30.0 Å². The number of nitrogens with two attached hydrogens (primary N) is 1. The number of carbonyl (C=O) groups is 5. The Labute approximate surface area is 545 Å². The van der Waals surface area contributed by atoms with Crippen LogP contribution >= 0.6 is 11.3 Å². The third kappa shape index (κ3) is 14.4. The molecule has 5 fully saturated rings. The number of anilines is 2. The predicted octanol–water partition coefficient (Wildman–Crippen LogP) is 5.16. The number of aliphatic hydroxyl groups is 3. The minimum absolute atomic E-state index is 0.0306. The summed E-state index contributed by atoms with van der Waals surface area (Å²) in [6, 6.07) is 17.5. The molecule has 1 saturated heterocycles. The third-order valence-corrected chi connectivity index (χ3v) is 20.2. The number of aromatic nitrogens is 4. The van der Waals surface area contributed by atoms with Crippen molar-refractivity contribution in [3.05, 3.63) is 107 Å². The summed E-state index contributed by atoms with van der Waals surface area (Å²) in [6.45, 7) is 7.86. The van der Waals surface area contributed by atoms with Crippen LogP contribution in [-0.2, 0) is 60.0 Å². The van der Waals surface area contributed by atoms with E-state index in [1.54, 1.807) is 38.6 Å². The SMILES string of the molecule is COc1ccc(C(=O)Nc2nc3ccccc3s2)c2c1CCN(c1ccc(-c3cnn(CC45CC6(C)CC(C)(C4)CC(OCCN(C)C(=O)OCc4ccc(O[C@@H]7O[C@H](C(=O)O)[C@@H](O)[C@H](O)[C@H]7O)cc4OCCCNC(=O)C(N)CS(=O)(=O)O)(C6)C5)c3C)c(C(=O)O)n1)C2. The number of hydrogen-bond acceptors (Lipinski definition) is 22. The van der Waals surface area contributed by atoms with E-state index in [0.29, 0.717) is 58.5 Å². The third-order valence-electron chi connectivity index (χ3n) is 18.5. The van der Waals surface area contributed by atoms with Gasteiger partial charge in [0.1, 0.15) is 54.0 Å². The molecular weight excluding hydrogens is 1260 g/mol. The molecule has 6 aliphatic rings. The first-order chi connectivity index (χ1) is 44.5. The second kappa shape index (κ2) is 26.6. The van der Waals surface area contributed by atoms with Crippen molar-refractivity contribution in [3.63, 3.8) is 0 Å². The highest BCUT2D eigenvalue weighted by atomic mass is 32.2. The first-order valence-corrected chi connectivity index (χ1v) is 33.2. The van der Waals surface area contributed by atoms with Gasteiger partial charge in [-0.1, -0.05) is 37.3 Å². The molecule has 3 unspecified atom stereocenters. The highest BCUT2D eigenvalue weighted by Gasteiger charge is 2.66. The Morgan fingerprint density at radius 2 is 1.65 bits per heavy atom. The van der Waals surface area contributed by atoms with Crippen LogP contribution in [-0.4, -0.2) is 188 Å². The Hall–Kier alpha value is -8.07. The number of benzene rings is 3. The molecule has 28 nitrogen and oxygen atoms in total.